The Bertz CT molecular complexity index is 1220. The summed E-state index contributed by atoms with van der Waals surface area (Å²) < 4.78 is 15.0. The van der Waals surface area contributed by atoms with Gasteiger partial charge in [-0.1, -0.05) is 13.8 Å². The number of fused-ring (bicyclic) bond motifs is 1. The number of alkyl halides is 1. The van der Waals surface area contributed by atoms with Crippen LogP contribution in [-0.4, -0.2) is 133 Å². The molecule has 0 bridgehead atoms. The van der Waals surface area contributed by atoms with E-state index in [1.54, 1.807) is 4.90 Å². The molecule has 5 heterocycles. The fourth-order valence-corrected chi connectivity index (χ4v) is 8.12. The Balaban J connectivity index is 1.17. The number of carbonyl (C=O) groups is 4. The lowest BCUT2D eigenvalue weighted by molar-refractivity contribution is -0.160. The van der Waals surface area contributed by atoms with Crippen molar-refractivity contribution in [1.82, 2.24) is 40.2 Å². The van der Waals surface area contributed by atoms with Crippen molar-refractivity contribution in [1.29, 1.82) is 0 Å². The van der Waals surface area contributed by atoms with Gasteiger partial charge in [-0.3, -0.25) is 19.3 Å². The molecule has 14 nitrogen and oxygen atoms in total. The predicted octanol–water partition coefficient (Wildman–Crippen LogP) is -1.05. The zero-order valence-electron chi connectivity index (χ0n) is 23.8. The summed E-state index contributed by atoms with van der Waals surface area (Å²) in [4.78, 5) is 57.2. The number of carbonyl (C=O) groups excluding carboxylic acids is 3. The van der Waals surface area contributed by atoms with Crippen molar-refractivity contribution in [3.8, 4) is 0 Å². The van der Waals surface area contributed by atoms with Crippen molar-refractivity contribution >= 4 is 35.3 Å². The summed E-state index contributed by atoms with van der Waals surface area (Å²) in [6.07, 6.45) is 0.976. The summed E-state index contributed by atoms with van der Waals surface area (Å²) in [7, 11) is 0. The number of nitrogens with two attached hydrogens (primary N) is 1. The first-order chi connectivity index (χ1) is 20.1. The number of β-lactam (4-membered cyclic amide) rings is 1. The first-order valence-electron chi connectivity index (χ1n) is 14.4. The smallest absolute Gasteiger partial charge is 0.353 e. The standard InChI is InChI=1S/C26H38FN9O5S/c1-14(7-17(37)12-35-13-30-31-32-35)20-21-15(2)23(22(26(40)41)36(21)25(20)39)42-18-8-19(29-10-18)24(38)34-5-3-33(4-6-34)11-16(27)9-28/h13-16,18-21,29H,3-12,28H2,1-2H3,(H,40,41)/t14-,15-,16+,18+,19+,20+,21+/m1/s1. The number of aliphatic carboxylic acids is 1. The summed E-state index contributed by atoms with van der Waals surface area (Å²) in [5.41, 5.74) is 5.40. The lowest BCUT2D eigenvalue weighted by atomic mass is 9.73. The van der Waals surface area contributed by atoms with E-state index in [1.165, 1.54) is 27.7 Å². The summed E-state index contributed by atoms with van der Waals surface area (Å²) in [5, 5.41) is 24.1. The van der Waals surface area contributed by atoms with Crippen molar-refractivity contribution in [3.63, 3.8) is 0 Å². The third-order valence-electron chi connectivity index (χ3n) is 8.76. The van der Waals surface area contributed by atoms with E-state index < -0.39 is 18.1 Å². The molecule has 4 aliphatic rings. The van der Waals surface area contributed by atoms with E-state index in [1.807, 2.05) is 18.7 Å². The second kappa shape index (κ2) is 12.7. The Hall–Kier alpha value is -2.95. The largest absolute Gasteiger partial charge is 0.477 e. The highest BCUT2D eigenvalue weighted by atomic mass is 32.2. The minimum atomic E-state index is -1.15. The molecule has 0 spiro atoms. The summed E-state index contributed by atoms with van der Waals surface area (Å²) >= 11 is 1.43. The van der Waals surface area contributed by atoms with Crippen LogP contribution in [0.1, 0.15) is 26.7 Å². The van der Waals surface area contributed by atoms with Gasteiger partial charge in [0.2, 0.25) is 11.8 Å². The van der Waals surface area contributed by atoms with E-state index in [4.69, 9.17) is 5.73 Å². The van der Waals surface area contributed by atoms with Crippen molar-refractivity contribution in [2.24, 2.45) is 23.5 Å². The van der Waals surface area contributed by atoms with Crippen molar-refractivity contribution in [2.45, 2.75) is 56.7 Å². The molecule has 4 N–H and O–H groups in total. The molecule has 3 saturated heterocycles. The molecule has 0 radical (unpaired) electrons. The molecule has 42 heavy (non-hydrogen) atoms. The number of halogens is 1. The van der Waals surface area contributed by atoms with Gasteiger partial charge in [-0.2, -0.15) is 0 Å². The number of carboxylic acids is 1. The number of rotatable bonds is 12. The summed E-state index contributed by atoms with van der Waals surface area (Å²) in [5.74, 6) is -2.48. The van der Waals surface area contributed by atoms with Crippen LogP contribution in [0.3, 0.4) is 0 Å². The lowest BCUT2D eigenvalue weighted by Gasteiger charge is -2.47. The van der Waals surface area contributed by atoms with E-state index in [-0.39, 0.29) is 78.5 Å². The Labute approximate surface area is 247 Å². The maximum absolute atomic E-state index is 13.6. The second-order valence-corrected chi connectivity index (χ2v) is 13.0. The van der Waals surface area contributed by atoms with E-state index >= 15 is 0 Å². The normalized spacial score (nSPS) is 29.4. The van der Waals surface area contributed by atoms with Gasteiger partial charge >= 0.3 is 5.97 Å². The number of aromatic nitrogens is 4. The maximum atomic E-state index is 13.6. The number of nitrogens with zero attached hydrogens (tertiary/aromatic N) is 7. The average Bonchev–Trinajstić information content (AvgIpc) is 3.69. The third kappa shape index (κ3) is 6.07. The summed E-state index contributed by atoms with van der Waals surface area (Å²) in [6, 6.07) is -0.705. The van der Waals surface area contributed by atoms with Crippen molar-refractivity contribution < 1.29 is 28.7 Å². The molecule has 16 heteroatoms. The Morgan fingerprint density at radius 2 is 2.00 bits per heavy atom. The third-order valence-corrected chi connectivity index (χ3v) is 10.3. The molecule has 5 rings (SSSR count). The van der Waals surface area contributed by atoms with E-state index in [0.29, 0.717) is 44.0 Å². The minimum absolute atomic E-state index is 0.000455. The van der Waals surface area contributed by atoms with Crippen LogP contribution in [0, 0.1) is 17.8 Å². The van der Waals surface area contributed by atoms with Crippen LogP contribution in [0.5, 0.6) is 0 Å². The number of carboxylic acid groups (broad SMARTS) is 1. The number of hydrogen-bond donors (Lipinski definition) is 3. The SMILES string of the molecule is C[C@H](CC(=O)Cn1cnnn1)[C@@H]1C(=O)N2C(C(=O)O)=C(S[C@@H]3CN[C@H](C(=O)N4CCN(C[C@@H](F)CN)CC4)C3)[C@H](C)[C@@H]12. The first-order valence-corrected chi connectivity index (χ1v) is 15.2. The molecule has 7 atom stereocenters. The first kappa shape index (κ1) is 30.5. The number of piperazine rings is 1. The molecule has 3 fully saturated rings. The highest BCUT2D eigenvalue weighted by Gasteiger charge is 2.60. The molecule has 4 aliphatic heterocycles. The van der Waals surface area contributed by atoms with Crippen LogP contribution in [0.2, 0.25) is 0 Å². The predicted molar refractivity (Wildman–Crippen MR) is 149 cm³/mol. The molecule has 0 aliphatic carbocycles. The van der Waals surface area contributed by atoms with Gasteiger partial charge in [0, 0.05) is 68.3 Å². The van der Waals surface area contributed by atoms with Crippen molar-refractivity contribution in [3.05, 3.63) is 16.9 Å². The molecular formula is C26H38FN9O5S. The summed E-state index contributed by atoms with van der Waals surface area (Å²) in [6.45, 7) is 6.82. The quantitative estimate of drug-likeness (QED) is 0.246. The van der Waals surface area contributed by atoms with Crippen molar-refractivity contribution in [2.75, 3.05) is 45.8 Å². The van der Waals surface area contributed by atoms with Crippen LogP contribution < -0.4 is 11.1 Å². The molecular weight excluding hydrogens is 569 g/mol. The van der Waals surface area contributed by atoms with Gasteiger partial charge in [0.1, 0.15) is 24.7 Å². The zero-order valence-corrected chi connectivity index (χ0v) is 24.6. The van der Waals surface area contributed by atoms with Crippen LogP contribution >= 0.6 is 11.8 Å². The number of ketones is 1. The maximum Gasteiger partial charge on any atom is 0.353 e. The molecule has 230 valence electrons. The molecule has 1 aromatic heterocycles. The Morgan fingerprint density at radius 3 is 2.64 bits per heavy atom. The highest BCUT2D eigenvalue weighted by molar-refractivity contribution is 8.03. The topological polar surface area (TPSA) is 180 Å². The zero-order chi connectivity index (χ0) is 30.1. The van der Waals surface area contributed by atoms with Gasteiger partial charge < -0.3 is 26.0 Å². The van der Waals surface area contributed by atoms with Crippen LogP contribution in [0.25, 0.3) is 0 Å². The average molecular weight is 608 g/mol. The molecule has 0 saturated carbocycles. The molecule has 0 aromatic carbocycles. The number of Topliss-reactive ketones (excluding diaryl/α,β-unsaturated/α-hetero) is 1. The van der Waals surface area contributed by atoms with Gasteiger partial charge in [0.05, 0.1) is 18.0 Å². The van der Waals surface area contributed by atoms with E-state index in [0.717, 1.165) is 0 Å². The van der Waals surface area contributed by atoms with Crippen LogP contribution in [-0.2, 0) is 25.7 Å². The van der Waals surface area contributed by atoms with Crippen LogP contribution in [0.15, 0.2) is 16.9 Å². The number of thioether (sulfide) groups is 1. The number of tetrazole rings is 1. The van der Waals surface area contributed by atoms with Gasteiger partial charge in [-0.25, -0.2) is 13.9 Å². The second-order valence-electron chi connectivity index (χ2n) is 11.7. The van der Waals surface area contributed by atoms with E-state index in [9.17, 15) is 28.7 Å². The number of nitrogens with one attached hydrogen (secondary N) is 1. The number of hydrogen-bond acceptors (Lipinski definition) is 11. The Kier molecular flexibility index (Phi) is 9.25. The van der Waals surface area contributed by atoms with Gasteiger partial charge in [-0.05, 0) is 22.8 Å². The fourth-order valence-electron chi connectivity index (χ4n) is 6.64. The van der Waals surface area contributed by atoms with Gasteiger partial charge in [0.25, 0.3) is 0 Å². The monoisotopic (exact) mass is 607 g/mol. The van der Waals surface area contributed by atoms with Gasteiger partial charge in [-0.15, -0.1) is 16.9 Å². The molecule has 2 amide bonds. The van der Waals surface area contributed by atoms with Crippen LogP contribution in [0.4, 0.5) is 4.39 Å². The van der Waals surface area contributed by atoms with Gasteiger partial charge in [0.15, 0.2) is 5.78 Å². The highest BCUT2D eigenvalue weighted by Crippen LogP contribution is 2.53. The molecule has 0 unspecified atom stereocenters. The van der Waals surface area contributed by atoms with E-state index in [2.05, 4.69) is 20.8 Å². The Morgan fingerprint density at radius 1 is 1.26 bits per heavy atom. The molecule has 1 aromatic rings. The lowest BCUT2D eigenvalue weighted by Crippen LogP contribution is -2.62. The number of amides is 2. The fraction of sp³-hybridized carbons (Fsp3) is 0.731. The minimum Gasteiger partial charge on any atom is -0.477 e.